The second-order valence-electron chi connectivity index (χ2n) is 9.38. The van der Waals surface area contributed by atoms with Gasteiger partial charge in [-0.15, -0.1) is 11.3 Å². The van der Waals surface area contributed by atoms with Gasteiger partial charge in [0.25, 0.3) is 0 Å². The summed E-state index contributed by atoms with van der Waals surface area (Å²) in [6.45, 7) is 9.01. The van der Waals surface area contributed by atoms with E-state index in [1.54, 1.807) is 18.4 Å². The first-order valence-corrected chi connectivity index (χ1v) is 13.3. The molecule has 35 heavy (non-hydrogen) atoms. The van der Waals surface area contributed by atoms with Crippen molar-refractivity contribution in [3.05, 3.63) is 63.6 Å². The summed E-state index contributed by atoms with van der Waals surface area (Å²) < 4.78 is 7.52. The molecule has 0 fully saturated rings. The molecule has 0 saturated carbocycles. The number of ether oxygens (including phenoxy) is 1. The molecule has 0 unspecified atom stereocenters. The highest BCUT2D eigenvalue weighted by molar-refractivity contribution is 7.09. The Balaban J connectivity index is 1.64. The number of carbonyl (C=O) groups excluding carboxylic acids is 1. The van der Waals surface area contributed by atoms with Gasteiger partial charge in [0.1, 0.15) is 12.4 Å². The fourth-order valence-corrected chi connectivity index (χ4v) is 5.40. The number of benzene rings is 1. The normalized spacial score (nSPS) is 12.8. The average molecular weight is 494 g/mol. The number of ketones is 1. The van der Waals surface area contributed by atoms with Gasteiger partial charge >= 0.3 is 0 Å². The van der Waals surface area contributed by atoms with E-state index in [1.807, 2.05) is 12.1 Å². The molecule has 1 atom stereocenters. The molecule has 0 aliphatic heterocycles. The average Bonchev–Trinajstić information content (AvgIpc) is 3.59. The molecular weight excluding hydrogens is 458 g/mol. The van der Waals surface area contributed by atoms with Crippen LogP contribution in [0.4, 0.5) is 0 Å². The van der Waals surface area contributed by atoms with Gasteiger partial charge in [-0.05, 0) is 48.4 Å². The molecule has 3 aromatic heterocycles. The van der Waals surface area contributed by atoms with E-state index < -0.39 is 0 Å². The number of Topliss-reactive ketones (excluding diaryl/α,β-unsaturated/α-hetero) is 1. The first-order chi connectivity index (χ1) is 16.9. The maximum Gasteiger partial charge on any atom is 0.163 e. The third kappa shape index (κ3) is 5.54. The van der Waals surface area contributed by atoms with Crippen LogP contribution in [0.2, 0.25) is 0 Å². The maximum atomic E-state index is 13.4. The third-order valence-electron chi connectivity index (χ3n) is 6.68. The fourth-order valence-electron chi connectivity index (χ4n) is 4.70. The van der Waals surface area contributed by atoms with Crippen molar-refractivity contribution >= 4 is 28.2 Å². The topological polar surface area (TPSA) is 85.7 Å². The van der Waals surface area contributed by atoms with Crippen molar-refractivity contribution < 1.29 is 9.53 Å². The summed E-state index contributed by atoms with van der Waals surface area (Å²) in [5, 5.41) is 9.38. The summed E-state index contributed by atoms with van der Waals surface area (Å²) in [5.74, 6) is 2.63. The molecule has 4 aromatic rings. The van der Waals surface area contributed by atoms with Gasteiger partial charge in [-0.1, -0.05) is 33.8 Å². The van der Waals surface area contributed by atoms with Gasteiger partial charge in [-0.2, -0.15) is 5.10 Å². The number of carbonyl (C=O) groups is 1. The van der Waals surface area contributed by atoms with Crippen molar-refractivity contribution in [2.75, 3.05) is 7.11 Å². The fraction of sp³-hybridized carbons (Fsp3) is 0.481. The van der Waals surface area contributed by atoms with E-state index in [2.05, 4.69) is 71.0 Å². The summed E-state index contributed by atoms with van der Waals surface area (Å²) in [5.41, 5.74) is 2.67. The van der Waals surface area contributed by atoms with Crippen LogP contribution in [0.15, 0.2) is 35.7 Å². The highest BCUT2D eigenvalue weighted by atomic mass is 32.1. The van der Waals surface area contributed by atoms with E-state index in [-0.39, 0.29) is 17.6 Å². The Morgan fingerprint density at radius 2 is 1.97 bits per heavy atom. The van der Waals surface area contributed by atoms with Crippen LogP contribution in [0.3, 0.4) is 0 Å². The van der Waals surface area contributed by atoms with Gasteiger partial charge in [0.15, 0.2) is 17.4 Å². The van der Waals surface area contributed by atoms with Crippen LogP contribution in [-0.2, 0) is 17.8 Å². The Labute approximate surface area is 211 Å². The molecule has 1 N–H and O–H groups in total. The molecule has 0 aliphatic rings. The van der Waals surface area contributed by atoms with Crippen molar-refractivity contribution in [3.8, 4) is 0 Å². The van der Waals surface area contributed by atoms with Crippen LogP contribution >= 0.6 is 11.3 Å². The van der Waals surface area contributed by atoms with E-state index >= 15 is 0 Å². The highest BCUT2D eigenvalue weighted by Gasteiger charge is 2.25. The number of rotatable bonds is 12. The summed E-state index contributed by atoms with van der Waals surface area (Å²) in [6, 6.07) is 10.6. The van der Waals surface area contributed by atoms with Crippen LogP contribution < -0.4 is 0 Å². The molecule has 0 aliphatic carbocycles. The maximum absolute atomic E-state index is 13.4. The quantitative estimate of drug-likeness (QED) is 0.233. The zero-order chi connectivity index (χ0) is 24.9. The van der Waals surface area contributed by atoms with Crippen molar-refractivity contribution in [2.24, 2.45) is 5.92 Å². The molecule has 4 rings (SSSR count). The molecule has 1 aromatic carbocycles. The molecule has 0 spiro atoms. The minimum Gasteiger partial charge on any atom is -0.377 e. The predicted molar refractivity (Wildman–Crippen MR) is 140 cm³/mol. The lowest BCUT2D eigenvalue weighted by Gasteiger charge is -2.19. The summed E-state index contributed by atoms with van der Waals surface area (Å²) in [7, 11) is 1.62. The predicted octanol–water partition coefficient (Wildman–Crippen LogP) is 6.33. The smallest absolute Gasteiger partial charge is 0.163 e. The Morgan fingerprint density at radius 3 is 2.63 bits per heavy atom. The highest BCUT2D eigenvalue weighted by Crippen LogP contribution is 2.31. The number of aromatic amines is 1. The van der Waals surface area contributed by atoms with Gasteiger partial charge in [0, 0.05) is 42.4 Å². The number of H-pyrrole nitrogens is 1. The number of aromatic nitrogens is 5. The molecule has 0 amide bonds. The van der Waals surface area contributed by atoms with Crippen molar-refractivity contribution in [1.82, 2.24) is 24.7 Å². The summed E-state index contributed by atoms with van der Waals surface area (Å²) in [6.07, 6.45) is 3.23. The Kier molecular flexibility index (Phi) is 8.13. The van der Waals surface area contributed by atoms with E-state index in [0.29, 0.717) is 36.3 Å². The lowest BCUT2D eigenvalue weighted by molar-refractivity contribution is 0.0965. The van der Waals surface area contributed by atoms with Crippen molar-refractivity contribution in [1.29, 1.82) is 0 Å². The van der Waals surface area contributed by atoms with Gasteiger partial charge in [0.05, 0.1) is 11.0 Å². The number of hydrogen-bond donors (Lipinski definition) is 1. The molecular formula is C27H35N5O2S. The largest absolute Gasteiger partial charge is 0.377 e. The number of fused-ring (bicyclic) bond motifs is 1. The van der Waals surface area contributed by atoms with Gasteiger partial charge < -0.3 is 9.30 Å². The molecule has 0 bridgehead atoms. The van der Waals surface area contributed by atoms with Crippen LogP contribution in [0, 0.1) is 5.92 Å². The molecule has 7 nitrogen and oxygen atoms in total. The zero-order valence-electron chi connectivity index (χ0n) is 21.2. The number of imidazole rings is 1. The number of methoxy groups -OCH3 is 1. The van der Waals surface area contributed by atoms with Gasteiger partial charge in [-0.25, -0.2) is 9.97 Å². The Hall–Kier alpha value is -2.84. The molecule has 3 heterocycles. The van der Waals surface area contributed by atoms with Crippen molar-refractivity contribution in [2.45, 2.75) is 71.9 Å². The van der Waals surface area contributed by atoms with E-state index in [0.717, 1.165) is 36.1 Å². The second-order valence-corrected chi connectivity index (χ2v) is 10.4. The number of nitrogens with one attached hydrogen (secondary N) is 1. The van der Waals surface area contributed by atoms with E-state index in [9.17, 15) is 4.79 Å². The van der Waals surface area contributed by atoms with Crippen LogP contribution in [0.25, 0.3) is 11.0 Å². The first-order valence-electron chi connectivity index (χ1n) is 12.4. The van der Waals surface area contributed by atoms with Gasteiger partial charge in [0.2, 0.25) is 0 Å². The minimum atomic E-state index is -0.0726. The molecule has 0 radical (unpaired) electrons. The second kappa shape index (κ2) is 11.3. The lowest BCUT2D eigenvalue weighted by atomic mass is 9.88. The van der Waals surface area contributed by atoms with Gasteiger partial charge in [-0.3, -0.25) is 9.89 Å². The Morgan fingerprint density at radius 1 is 1.17 bits per heavy atom. The number of nitrogens with zero attached hydrogens (tertiary/aromatic N) is 4. The molecule has 8 heteroatoms. The van der Waals surface area contributed by atoms with E-state index in [1.165, 1.54) is 4.88 Å². The number of hydrogen-bond acceptors (Lipinski definition) is 6. The SMILES string of the molecule is CCC(CC)n1c(Cc2cccs2)nc2cc(C(=O)C[C@H](c3n[nH]c(COC)n3)C(C)C)ccc21. The lowest BCUT2D eigenvalue weighted by Crippen LogP contribution is -2.14. The monoisotopic (exact) mass is 493 g/mol. The number of thiophene rings is 1. The third-order valence-corrected chi connectivity index (χ3v) is 7.55. The van der Waals surface area contributed by atoms with Crippen molar-refractivity contribution in [3.63, 3.8) is 0 Å². The Bertz CT molecular complexity index is 1250. The first kappa shape index (κ1) is 25.3. The zero-order valence-corrected chi connectivity index (χ0v) is 22.1. The summed E-state index contributed by atoms with van der Waals surface area (Å²) >= 11 is 1.75. The summed E-state index contributed by atoms with van der Waals surface area (Å²) in [4.78, 5) is 24.2. The van der Waals surface area contributed by atoms with Crippen LogP contribution in [0.5, 0.6) is 0 Å². The molecule has 186 valence electrons. The standard InChI is InChI=1S/C27H35N5O2S/c1-6-19(7-2)32-23-11-10-18(13-22(23)28-26(32)14-20-9-8-12-35-20)24(33)15-21(17(3)4)27-29-25(16-34-5)30-31-27/h8-13,17,19,21H,6-7,14-16H2,1-5H3,(H,29,30,31)/t21-/m0/s1. The van der Waals surface area contributed by atoms with Crippen LogP contribution in [0.1, 0.15) is 91.6 Å². The van der Waals surface area contributed by atoms with Crippen LogP contribution in [-0.4, -0.2) is 37.6 Å². The van der Waals surface area contributed by atoms with E-state index in [4.69, 9.17) is 9.72 Å². The minimum absolute atomic E-state index is 0.0726. The molecule has 0 saturated heterocycles.